The van der Waals surface area contributed by atoms with E-state index in [1.807, 2.05) is 0 Å². The largest absolute Gasteiger partial charge is 0.507 e. The Bertz CT molecular complexity index is 2110. The second-order valence-corrected chi connectivity index (χ2v) is 12.9. The van der Waals surface area contributed by atoms with E-state index in [9.17, 15) is 60.7 Å². The summed E-state index contributed by atoms with van der Waals surface area (Å²) < 4.78 is 5.78. The molecule has 13 nitrogen and oxygen atoms in total. The Hall–Kier alpha value is -4.86. The first-order valence-corrected chi connectivity index (χ1v) is 15.3. The number of rotatable bonds is 3. The summed E-state index contributed by atoms with van der Waals surface area (Å²) >= 11 is 0. The molecule has 2 aliphatic carbocycles. The smallest absolute Gasteiger partial charge is 0.201 e. The van der Waals surface area contributed by atoms with Crippen molar-refractivity contribution in [2.24, 2.45) is 0 Å². The molecule has 0 saturated carbocycles. The maximum Gasteiger partial charge on any atom is 0.201 e. The Morgan fingerprint density at radius 1 is 0.633 bits per heavy atom. The highest BCUT2D eigenvalue weighted by molar-refractivity contribution is 6.18. The fourth-order valence-electron chi connectivity index (χ4n) is 7.69. The van der Waals surface area contributed by atoms with E-state index in [4.69, 9.17) is 4.74 Å². The van der Waals surface area contributed by atoms with E-state index in [1.54, 1.807) is 13.8 Å². The Morgan fingerprint density at radius 3 is 1.82 bits per heavy atom. The van der Waals surface area contributed by atoms with Gasteiger partial charge < -0.3 is 55.8 Å². The van der Waals surface area contributed by atoms with E-state index in [0.717, 1.165) is 12.1 Å². The van der Waals surface area contributed by atoms with Gasteiger partial charge in [-0.1, -0.05) is 36.4 Å². The molecule has 3 aliphatic rings. The lowest BCUT2D eigenvalue weighted by atomic mass is 9.65. The number of aliphatic hydroxyl groups is 6. The monoisotopic (exact) mass is 672 g/mol. The van der Waals surface area contributed by atoms with E-state index >= 15 is 0 Å². The molecule has 13 heteroatoms. The maximum atomic E-state index is 14.3. The maximum absolute atomic E-state index is 14.3. The Kier molecular flexibility index (Phi) is 7.22. The third-order valence-electron chi connectivity index (χ3n) is 9.95. The molecule has 1 fully saturated rings. The quantitative estimate of drug-likeness (QED) is 0.143. The third-order valence-corrected chi connectivity index (χ3v) is 9.95. The number of phenols is 4. The molecule has 0 amide bonds. The van der Waals surface area contributed by atoms with Gasteiger partial charge in [0, 0.05) is 27.8 Å². The molecule has 2 unspecified atom stereocenters. The molecule has 7 rings (SSSR count). The number of fused-ring (bicyclic) bond motifs is 4. The number of aryl methyl sites for hydroxylation is 2. The predicted octanol–water partition coefficient (Wildman–Crippen LogP) is 0.577. The van der Waals surface area contributed by atoms with Gasteiger partial charge in [-0.25, -0.2) is 0 Å². The van der Waals surface area contributed by atoms with Crippen LogP contribution in [0.1, 0.15) is 70.8 Å². The van der Waals surface area contributed by atoms with Gasteiger partial charge in [-0.3, -0.25) is 9.59 Å². The fraction of sp³-hybridized carbons (Fsp3) is 0.278. The van der Waals surface area contributed by atoms with Gasteiger partial charge in [0.15, 0.2) is 0 Å². The fourth-order valence-corrected chi connectivity index (χ4v) is 7.69. The lowest BCUT2D eigenvalue weighted by molar-refractivity contribution is -0.265. The van der Waals surface area contributed by atoms with Crippen molar-refractivity contribution in [3.05, 3.63) is 116 Å². The van der Waals surface area contributed by atoms with Crippen LogP contribution >= 0.6 is 0 Å². The standard InChI is InChI=1S/C36H32O13/c1-13-8-18-25(21(39)10-13)30(43)24-15(4-3-5-20(24)38)35(18,47)17-7-6-16-27(28(17)41)31(44)26-19(9-14(2)11-22(26)40)36(16,48)34-33(46)32(45)29(42)23(12-37)49-34/h3-11,23,29,32-34,37-42,45-48H,12H2,1-2H3/t23-,29-,32+,33-,34-,35?,36?/m1/s1. The first-order valence-electron chi connectivity index (χ1n) is 15.3. The summed E-state index contributed by atoms with van der Waals surface area (Å²) in [5, 5.41) is 113. The molecule has 10 N–H and O–H groups in total. The Balaban J connectivity index is 1.56. The summed E-state index contributed by atoms with van der Waals surface area (Å²) in [5.74, 6) is -4.45. The number of carbonyl (C=O) groups is 2. The summed E-state index contributed by atoms with van der Waals surface area (Å²) in [6.07, 6.45) is -9.19. The highest BCUT2D eigenvalue weighted by Gasteiger charge is 2.59. The Morgan fingerprint density at radius 2 is 1.18 bits per heavy atom. The van der Waals surface area contributed by atoms with Crippen LogP contribution in [0.4, 0.5) is 0 Å². The van der Waals surface area contributed by atoms with E-state index in [2.05, 4.69) is 0 Å². The number of benzene rings is 4. The summed E-state index contributed by atoms with van der Waals surface area (Å²) in [6, 6.07) is 11.4. The number of phenolic OH excluding ortho intramolecular Hbond substituents is 4. The van der Waals surface area contributed by atoms with Crippen LogP contribution in [0.15, 0.2) is 54.6 Å². The van der Waals surface area contributed by atoms with Crippen molar-refractivity contribution < 1.29 is 65.4 Å². The summed E-state index contributed by atoms with van der Waals surface area (Å²) in [5.41, 5.74) is -7.79. The van der Waals surface area contributed by atoms with Crippen LogP contribution < -0.4 is 0 Å². The molecule has 4 aromatic carbocycles. The van der Waals surface area contributed by atoms with Crippen molar-refractivity contribution in [1.29, 1.82) is 0 Å². The average Bonchev–Trinajstić information content (AvgIpc) is 3.04. The molecular weight excluding hydrogens is 640 g/mol. The number of ether oxygens (including phenoxy) is 1. The van der Waals surface area contributed by atoms with Gasteiger partial charge in [0.25, 0.3) is 0 Å². The Labute approximate surface area is 277 Å². The van der Waals surface area contributed by atoms with Crippen molar-refractivity contribution >= 4 is 11.6 Å². The zero-order valence-corrected chi connectivity index (χ0v) is 26.0. The minimum atomic E-state index is -2.65. The molecule has 0 spiro atoms. The van der Waals surface area contributed by atoms with Gasteiger partial charge in [-0.2, -0.15) is 0 Å². The van der Waals surface area contributed by atoms with Crippen molar-refractivity contribution in [2.45, 2.75) is 55.6 Å². The first kappa shape index (κ1) is 32.7. The molecule has 4 aromatic rings. The highest BCUT2D eigenvalue weighted by atomic mass is 16.6. The van der Waals surface area contributed by atoms with Crippen LogP contribution in [-0.4, -0.2) is 99.8 Å². The number of aliphatic hydroxyl groups excluding tert-OH is 4. The number of aromatic hydroxyl groups is 4. The molecule has 254 valence electrons. The van der Waals surface area contributed by atoms with E-state index in [0.29, 0.717) is 11.1 Å². The highest BCUT2D eigenvalue weighted by Crippen LogP contribution is 2.55. The third kappa shape index (κ3) is 4.18. The molecule has 7 atom stereocenters. The van der Waals surface area contributed by atoms with Crippen LogP contribution in [0.25, 0.3) is 0 Å². The molecule has 0 radical (unpaired) electrons. The van der Waals surface area contributed by atoms with Gasteiger partial charge in [-0.05, 0) is 43.2 Å². The van der Waals surface area contributed by atoms with Gasteiger partial charge in [0.1, 0.15) is 64.7 Å². The van der Waals surface area contributed by atoms with Crippen LogP contribution in [-0.2, 0) is 15.9 Å². The normalized spacial score (nSPS) is 28.8. The van der Waals surface area contributed by atoms with E-state index < -0.39 is 99.6 Å². The molecule has 1 heterocycles. The zero-order chi connectivity index (χ0) is 35.5. The van der Waals surface area contributed by atoms with Crippen molar-refractivity contribution in [2.75, 3.05) is 6.61 Å². The van der Waals surface area contributed by atoms with Crippen LogP contribution in [0.2, 0.25) is 0 Å². The minimum absolute atomic E-state index is 0.185. The molecule has 1 saturated heterocycles. The summed E-state index contributed by atoms with van der Waals surface area (Å²) in [4.78, 5) is 28.0. The lowest BCUT2D eigenvalue weighted by Crippen LogP contribution is -2.65. The van der Waals surface area contributed by atoms with Crippen molar-refractivity contribution in [3.63, 3.8) is 0 Å². The SMILES string of the molecule is Cc1cc(O)c2c(c1)C(O)(c1ccc3c(c1O)C(=O)c1c(O)cc(C)cc1C3(O)[C@@H]1O[C@H](CO)[C@@H](O)[C@H](O)[C@H]1O)c1cccc(O)c1C2=O. The predicted molar refractivity (Wildman–Crippen MR) is 168 cm³/mol. The van der Waals surface area contributed by atoms with Crippen LogP contribution in [0, 0.1) is 13.8 Å². The van der Waals surface area contributed by atoms with Crippen molar-refractivity contribution in [3.8, 4) is 23.0 Å². The zero-order valence-electron chi connectivity index (χ0n) is 26.0. The molecule has 0 aromatic heterocycles. The minimum Gasteiger partial charge on any atom is -0.507 e. The van der Waals surface area contributed by atoms with Gasteiger partial charge >= 0.3 is 0 Å². The number of hydrogen-bond donors (Lipinski definition) is 10. The molecular formula is C36H32O13. The molecule has 1 aliphatic heterocycles. The van der Waals surface area contributed by atoms with Crippen LogP contribution in [0.5, 0.6) is 23.0 Å². The van der Waals surface area contributed by atoms with Crippen molar-refractivity contribution in [1.82, 2.24) is 0 Å². The summed E-state index contributed by atoms with van der Waals surface area (Å²) in [6.45, 7) is 2.29. The number of hydrogen-bond acceptors (Lipinski definition) is 13. The number of ketones is 2. The molecule has 49 heavy (non-hydrogen) atoms. The van der Waals surface area contributed by atoms with Gasteiger partial charge in [-0.15, -0.1) is 0 Å². The lowest BCUT2D eigenvalue weighted by Gasteiger charge is -2.49. The summed E-state index contributed by atoms with van der Waals surface area (Å²) in [7, 11) is 0. The molecule has 0 bridgehead atoms. The van der Waals surface area contributed by atoms with Gasteiger partial charge in [0.05, 0.1) is 28.9 Å². The first-order chi connectivity index (χ1) is 23.1. The van der Waals surface area contributed by atoms with Gasteiger partial charge in [0.2, 0.25) is 11.6 Å². The van der Waals surface area contributed by atoms with E-state index in [-0.39, 0.29) is 33.4 Å². The second-order valence-electron chi connectivity index (χ2n) is 12.9. The van der Waals surface area contributed by atoms with E-state index in [1.165, 1.54) is 42.5 Å². The average molecular weight is 673 g/mol. The second kappa shape index (κ2) is 10.8. The number of carbonyl (C=O) groups excluding carboxylic acids is 2. The topological polar surface area (TPSA) is 246 Å². The van der Waals surface area contributed by atoms with Crippen LogP contribution in [0.3, 0.4) is 0 Å².